The van der Waals surface area contributed by atoms with Crippen molar-refractivity contribution in [3.63, 3.8) is 0 Å². The highest BCUT2D eigenvalue weighted by molar-refractivity contribution is 4.91. The molecule has 1 atom stereocenters. The summed E-state index contributed by atoms with van der Waals surface area (Å²) in [7, 11) is 3.93. The van der Waals surface area contributed by atoms with Crippen LogP contribution in [0.15, 0.2) is 0 Å². The van der Waals surface area contributed by atoms with Crippen molar-refractivity contribution in [2.75, 3.05) is 20.6 Å². The summed E-state index contributed by atoms with van der Waals surface area (Å²) in [5.74, 6) is 0. The molecule has 0 heterocycles. The molecule has 0 radical (unpaired) electrons. The molecule has 0 saturated heterocycles. The summed E-state index contributed by atoms with van der Waals surface area (Å²) >= 11 is 0. The zero-order valence-electron chi connectivity index (χ0n) is 12.2. The molecule has 0 aliphatic heterocycles. The van der Waals surface area contributed by atoms with Crippen molar-refractivity contribution in [2.24, 2.45) is 0 Å². The third-order valence-corrected chi connectivity index (χ3v) is 3.60. The van der Waals surface area contributed by atoms with Crippen molar-refractivity contribution >= 4 is 0 Å². The normalized spacial score (nSPS) is 15.2. The van der Waals surface area contributed by atoms with Crippen LogP contribution < -0.4 is 5.32 Å². The van der Waals surface area contributed by atoms with E-state index in [-0.39, 0.29) is 18.0 Å². The van der Waals surface area contributed by atoms with Gasteiger partial charge in [-0.3, -0.25) is 0 Å². The summed E-state index contributed by atoms with van der Waals surface area (Å²) in [5, 5.41) is 3.37. The molecule has 0 aliphatic rings. The molecule has 0 saturated carbocycles. The first-order valence-corrected chi connectivity index (χ1v) is 6.58. The van der Waals surface area contributed by atoms with Crippen LogP contribution in [0.3, 0.4) is 0 Å². The molecule has 0 rings (SSSR count). The van der Waals surface area contributed by atoms with Gasteiger partial charge in [0.2, 0.25) is 0 Å². The van der Waals surface area contributed by atoms with Crippen LogP contribution >= 0.6 is 0 Å². The van der Waals surface area contributed by atoms with Gasteiger partial charge in [0.1, 0.15) is 0 Å². The third kappa shape index (κ3) is 6.59. The highest BCUT2D eigenvalue weighted by Crippen LogP contribution is 2.26. The summed E-state index contributed by atoms with van der Waals surface area (Å²) in [6.45, 7) is 7.03. The van der Waals surface area contributed by atoms with E-state index in [1.54, 1.807) is 0 Å². The molecule has 0 aromatic heterocycles. The Balaban J connectivity index is 4.40. The number of hydrogen-bond donors (Lipinski definition) is 1. The predicted octanol–water partition coefficient (Wildman–Crippen LogP) is 3.43. The molecule has 0 bridgehead atoms. The van der Waals surface area contributed by atoms with Gasteiger partial charge in [0.05, 0.1) is 0 Å². The zero-order valence-corrected chi connectivity index (χ0v) is 12.2. The smallest absolute Gasteiger partial charge is 0.312 e. The van der Waals surface area contributed by atoms with Crippen LogP contribution in [-0.2, 0) is 0 Å². The molecule has 0 aromatic rings. The molecule has 1 N–H and O–H groups in total. The predicted molar refractivity (Wildman–Crippen MR) is 69.8 cm³/mol. The SMILES string of the molecule is CCCNC(CCCC(F)(F)F)C(C)(C)N(C)C. The topological polar surface area (TPSA) is 15.3 Å². The molecule has 1 unspecified atom stereocenters. The van der Waals surface area contributed by atoms with E-state index in [0.717, 1.165) is 13.0 Å². The fourth-order valence-corrected chi connectivity index (χ4v) is 1.84. The molecule has 2 nitrogen and oxygen atoms in total. The number of nitrogens with one attached hydrogen (secondary N) is 1. The van der Waals surface area contributed by atoms with Crippen molar-refractivity contribution in [1.82, 2.24) is 10.2 Å². The van der Waals surface area contributed by atoms with Crippen LogP contribution in [0.25, 0.3) is 0 Å². The molecule has 18 heavy (non-hydrogen) atoms. The van der Waals surface area contributed by atoms with E-state index < -0.39 is 12.6 Å². The summed E-state index contributed by atoms with van der Waals surface area (Å²) in [4.78, 5) is 2.06. The Morgan fingerprint density at radius 2 is 1.72 bits per heavy atom. The molecule has 5 heteroatoms. The Kier molecular flexibility index (Phi) is 7.22. The Bertz CT molecular complexity index is 225. The minimum atomic E-state index is -4.04. The van der Waals surface area contributed by atoms with E-state index in [2.05, 4.69) is 31.0 Å². The molecular formula is C13H27F3N2. The lowest BCUT2D eigenvalue weighted by molar-refractivity contribution is -0.136. The van der Waals surface area contributed by atoms with Gasteiger partial charge in [-0.25, -0.2) is 0 Å². The van der Waals surface area contributed by atoms with Gasteiger partial charge in [0, 0.05) is 18.0 Å². The summed E-state index contributed by atoms with van der Waals surface area (Å²) in [6.07, 6.45) is -3.02. The lowest BCUT2D eigenvalue weighted by Gasteiger charge is -2.41. The average Bonchev–Trinajstić information content (AvgIpc) is 2.20. The molecular weight excluding hydrogens is 241 g/mol. The molecule has 0 fully saturated rings. The highest BCUT2D eigenvalue weighted by Gasteiger charge is 2.32. The Morgan fingerprint density at radius 1 is 1.17 bits per heavy atom. The molecule has 110 valence electrons. The van der Waals surface area contributed by atoms with E-state index in [1.165, 1.54) is 0 Å². The van der Waals surface area contributed by atoms with Crippen molar-refractivity contribution < 1.29 is 13.2 Å². The van der Waals surface area contributed by atoms with Crippen molar-refractivity contribution in [3.05, 3.63) is 0 Å². The number of nitrogens with zero attached hydrogens (tertiary/aromatic N) is 1. The number of halogens is 3. The van der Waals surface area contributed by atoms with Gasteiger partial charge in [-0.2, -0.15) is 13.2 Å². The highest BCUT2D eigenvalue weighted by atomic mass is 19.4. The first-order valence-electron chi connectivity index (χ1n) is 6.58. The van der Waals surface area contributed by atoms with Gasteiger partial charge in [-0.1, -0.05) is 6.92 Å². The fourth-order valence-electron chi connectivity index (χ4n) is 1.84. The monoisotopic (exact) mass is 268 g/mol. The van der Waals surface area contributed by atoms with Crippen LogP contribution in [0.2, 0.25) is 0 Å². The van der Waals surface area contributed by atoms with Crippen LogP contribution in [0.4, 0.5) is 13.2 Å². The van der Waals surface area contributed by atoms with Gasteiger partial charge in [-0.15, -0.1) is 0 Å². The maximum Gasteiger partial charge on any atom is 0.389 e. The third-order valence-electron chi connectivity index (χ3n) is 3.60. The summed E-state index contributed by atoms with van der Waals surface area (Å²) < 4.78 is 36.5. The zero-order chi connectivity index (χ0) is 14.4. The van der Waals surface area contributed by atoms with Crippen LogP contribution in [-0.4, -0.2) is 43.3 Å². The first-order chi connectivity index (χ1) is 8.11. The van der Waals surface area contributed by atoms with Crippen LogP contribution in [0.5, 0.6) is 0 Å². The maximum atomic E-state index is 12.2. The number of hydrogen-bond acceptors (Lipinski definition) is 2. The molecule has 0 amide bonds. The number of likely N-dealkylation sites (N-methyl/N-ethyl adjacent to an activating group) is 1. The van der Waals surface area contributed by atoms with E-state index in [0.29, 0.717) is 6.42 Å². The average molecular weight is 268 g/mol. The van der Waals surface area contributed by atoms with E-state index in [1.807, 2.05) is 14.1 Å². The summed E-state index contributed by atoms with van der Waals surface area (Å²) in [6, 6.07) is 0.0785. The second-order valence-corrected chi connectivity index (χ2v) is 5.56. The van der Waals surface area contributed by atoms with Crippen molar-refractivity contribution in [1.29, 1.82) is 0 Å². The molecule has 0 spiro atoms. The maximum absolute atomic E-state index is 12.2. The summed E-state index contributed by atoms with van der Waals surface area (Å²) in [5.41, 5.74) is -0.152. The number of rotatable bonds is 8. The lowest BCUT2D eigenvalue weighted by atomic mass is 9.89. The Morgan fingerprint density at radius 3 is 2.11 bits per heavy atom. The molecule has 0 aromatic carbocycles. The number of alkyl halides is 3. The van der Waals surface area contributed by atoms with Crippen molar-refractivity contribution in [3.8, 4) is 0 Å². The van der Waals surface area contributed by atoms with Crippen LogP contribution in [0.1, 0.15) is 46.5 Å². The standard InChI is InChI=1S/C13H27F3N2/c1-6-10-17-11(12(2,3)18(4)5)8-7-9-13(14,15)16/h11,17H,6-10H2,1-5H3. The van der Waals surface area contributed by atoms with Gasteiger partial charge >= 0.3 is 6.18 Å². The largest absolute Gasteiger partial charge is 0.389 e. The second-order valence-electron chi connectivity index (χ2n) is 5.56. The quantitative estimate of drug-likeness (QED) is 0.725. The fraction of sp³-hybridized carbons (Fsp3) is 1.00. The van der Waals surface area contributed by atoms with Gasteiger partial charge < -0.3 is 10.2 Å². The van der Waals surface area contributed by atoms with Gasteiger partial charge in [0.15, 0.2) is 0 Å². The minimum Gasteiger partial charge on any atom is -0.312 e. The van der Waals surface area contributed by atoms with E-state index in [4.69, 9.17) is 0 Å². The van der Waals surface area contributed by atoms with Gasteiger partial charge in [0.25, 0.3) is 0 Å². The Labute approximate surface area is 109 Å². The first kappa shape index (κ1) is 17.7. The molecule has 0 aliphatic carbocycles. The van der Waals surface area contributed by atoms with Crippen LogP contribution in [0, 0.1) is 0 Å². The lowest BCUT2D eigenvalue weighted by Crippen LogP contribution is -2.55. The van der Waals surface area contributed by atoms with E-state index >= 15 is 0 Å². The second kappa shape index (κ2) is 7.34. The Hall–Kier alpha value is -0.290. The minimum absolute atomic E-state index is 0.0785. The van der Waals surface area contributed by atoms with Crippen molar-refractivity contribution in [2.45, 2.75) is 64.2 Å². The van der Waals surface area contributed by atoms with Gasteiger partial charge in [-0.05, 0) is 53.8 Å². The van der Waals surface area contributed by atoms with E-state index in [9.17, 15) is 13.2 Å².